The molecule has 164 valence electrons. The summed E-state index contributed by atoms with van der Waals surface area (Å²) in [6.45, 7) is 0.931. The summed E-state index contributed by atoms with van der Waals surface area (Å²) in [5, 5.41) is 3.12. The molecule has 1 atom stereocenters. The van der Waals surface area contributed by atoms with Gasteiger partial charge in [-0.2, -0.15) is 4.31 Å². The van der Waals surface area contributed by atoms with Crippen molar-refractivity contribution in [3.05, 3.63) is 65.5 Å². The Morgan fingerprint density at radius 3 is 2.55 bits per heavy atom. The van der Waals surface area contributed by atoms with Crippen molar-refractivity contribution in [1.29, 1.82) is 0 Å². The van der Waals surface area contributed by atoms with Crippen LogP contribution in [0.4, 0.5) is 9.18 Å². The van der Waals surface area contributed by atoms with Crippen molar-refractivity contribution in [3.8, 4) is 0 Å². The number of carbonyl (C=O) groups excluding carboxylic acids is 1. The van der Waals surface area contributed by atoms with Crippen LogP contribution in [0.3, 0.4) is 0 Å². The number of likely N-dealkylation sites (tertiary alicyclic amines) is 1. The number of hydrogen-bond acceptors (Lipinski definition) is 3. The van der Waals surface area contributed by atoms with E-state index < -0.39 is 15.6 Å². The molecule has 5 rings (SSSR count). The molecule has 0 aromatic heterocycles. The smallest absolute Gasteiger partial charge is 0.317 e. The number of nitrogens with one attached hydrogen (secondary N) is 1. The van der Waals surface area contributed by atoms with Gasteiger partial charge in [-0.15, -0.1) is 0 Å². The fraction of sp³-hybridized carbons (Fsp3) is 0.435. The Labute approximate surface area is 182 Å². The Morgan fingerprint density at radius 2 is 1.81 bits per heavy atom. The Kier molecular flexibility index (Phi) is 5.01. The number of sulfonamides is 1. The standard InChI is InChI=1S/C23H26FN3O3S/c24-18-11-9-17(10-12-18)15-27-23(20-7-3-4-8-21(20)31(27,29)30)13-14-26(16-23)22(28)25-19-5-1-2-6-19/h3-4,7-12,19H,1-2,5-6,13-16H2,(H,25,28)/t23-/m0/s1. The summed E-state index contributed by atoms with van der Waals surface area (Å²) >= 11 is 0. The summed E-state index contributed by atoms with van der Waals surface area (Å²) in [6, 6.07) is 13.1. The number of nitrogens with zero attached hydrogens (tertiary/aromatic N) is 2. The molecule has 3 aliphatic rings. The van der Waals surface area contributed by atoms with Crippen molar-refractivity contribution in [2.45, 2.75) is 55.1 Å². The van der Waals surface area contributed by atoms with Crippen molar-refractivity contribution < 1.29 is 17.6 Å². The van der Waals surface area contributed by atoms with Gasteiger partial charge in [0, 0.05) is 25.7 Å². The van der Waals surface area contributed by atoms with Crippen LogP contribution < -0.4 is 5.32 Å². The quantitative estimate of drug-likeness (QED) is 0.788. The third kappa shape index (κ3) is 3.42. The molecule has 31 heavy (non-hydrogen) atoms. The first-order valence-electron chi connectivity index (χ1n) is 10.8. The summed E-state index contributed by atoms with van der Waals surface area (Å²) in [5.41, 5.74) is 0.649. The average molecular weight is 444 g/mol. The number of hydrogen-bond donors (Lipinski definition) is 1. The second-order valence-electron chi connectivity index (χ2n) is 8.77. The van der Waals surface area contributed by atoms with E-state index in [9.17, 15) is 17.6 Å². The zero-order valence-electron chi connectivity index (χ0n) is 17.3. The highest BCUT2D eigenvalue weighted by molar-refractivity contribution is 7.89. The second kappa shape index (κ2) is 7.60. The molecular weight excluding hydrogens is 417 g/mol. The number of rotatable bonds is 3. The van der Waals surface area contributed by atoms with Gasteiger partial charge in [0.2, 0.25) is 10.0 Å². The van der Waals surface area contributed by atoms with Crippen LogP contribution in [0, 0.1) is 5.82 Å². The highest BCUT2D eigenvalue weighted by atomic mass is 32.2. The van der Waals surface area contributed by atoms with Crippen molar-refractivity contribution in [1.82, 2.24) is 14.5 Å². The van der Waals surface area contributed by atoms with E-state index in [4.69, 9.17) is 0 Å². The summed E-state index contributed by atoms with van der Waals surface area (Å²) in [5.74, 6) is -0.360. The van der Waals surface area contributed by atoms with Crippen molar-refractivity contribution in [2.24, 2.45) is 0 Å². The normalized spacial score (nSPS) is 25.3. The van der Waals surface area contributed by atoms with Crippen LogP contribution in [0.5, 0.6) is 0 Å². The van der Waals surface area contributed by atoms with Gasteiger partial charge >= 0.3 is 6.03 Å². The molecule has 1 saturated heterocycles. The molecule has 2 aromatic carbocycles. The van der Waals surface area contributed by atoms with Crippen molar-refractivity contribution in [2.75, 3.05) is 13.1 Å². The zero-order valence-corrected chi connectivity index (χ0v) is 18.1. The van der Waals surface area contributed by atoms with Gasteiger partial charge in [-0.3, -0.25) is 0 Å². The highest BCUT2D eigenvalue weighted by Gasteiger charge is 2.57. The molecule has 2 aliphatic heterocycles. The summed E-state index contributed by atoms with van der Waals surface area (Å²) in [7, 11) is -3.74. The summed E-state index contributed by atoms with van der Waals surface area (Å²) < 4.78 is 41.9. The zero-order chi connectivity index (χ0) is 21.6. The van der Waals surface area contributed by atoms with Gasteiger partial charge in [-0.05, 0) is 48.6 Å². The van der Waals surface area contributed by atoms with Gasteiger partial charge in [-0.25, -0.2) is 17.6 Å². The maximum absolute atomic E-state index is 13.5. The predicted octanol–water partition coefficient (Wildman–Crippen LogP) is 3.58. The molecule has 2 heterocycles. The largest absolute Gasteiger partial charge is 0.335 e. The maximum atomic E-state index is 13.5. The molecule has 0 radical (unpaired) electrons. The minimum absolute atomic E-state index is 0.118. The van der Waals surface area contributed by atoms with E-state index >= 15 is 0 Å². The number of fused-ring (bicyclic) bond motifs is 2. The van der Waals surface area contributed by atoms with E-state index in [1.165, 1.54) is 16.4 Å². The van der Waals surface area contributed by atoms with Crippen LogP contribution in [0.15, 0.2) is 53.4 Å². The lowest BCUT2D eigenvalue weighted by atomic mass is 9.88. The molecule has 0 unspecified atom stereocenters. The number of carbonyl (C=O) groups is 1. The lowest BCUT2D eigenvalue weighted by Crippen LogP contribution is -2.48. The average Bonchev–Trinajstić information content (AvgIpc) is 3.47. The van der Waals surface area contributed by atoms with Gasteiger partial charge in [0.25, 0.3) is 0 Å². The molecule has 1 aliphatic carbocycles. The van der Waals surface area contributed by atoms with E-state index in [1.54, 1.807) is 29.2 Å². The van der Waals surface area contributed by atoms with Gasteiger partial charge in [0.05, 0.1) is 10.4 Å². The van der Waals surface area contributed by atoms with Crippen LogP contribution in [0.2, 0.25) is 0 Å². The molecule has 2 fully saturated rings. The summed E-state index contributed by atoms with van der Waals surface area (Å²) in [6.07, 6.45) is 4.79. The van der Waals surface area contributed by atoms with Crippen molar-refractivity contribution >= 4 is 16.1 Å². The fourth-order valence-corrected chi connectivity index (χ4v) is 7.33. The molecule has 1 N–H and O–H groups in total. The SMILES string of the molecule is O=C(NC1CCCC1)N1CC[C@]2(C1)c1ccccc1S(=O)(=O)N2Cc1ccc(F)cc1. The Morgan fingerprint density at radius 1 is 1.10 bits per heavy atom. The molecular formula is C23H26FN3O3S. The molecule has 1 spiro atoms. The Hall–Kier alpha value is -2.45. The third-order valence-electron chi connectivity index (χ3n) is 6.89. The van der Waals surface area contributed by atoms with Gasteiger partial charge in [0.15, 0.2) is 0 Å². The first-order chi connectivity index (χ1) is 14.9. The highest BCUT2D eigenvalue weighted by Crippen LogP contribution is 2.50. The third-order valence-corrected chi connectivity index (χ3v) is 8.86. The monoisotopic (exact) mass is 443 g/mol. The maximum Gasteiger partial charge on any atom is 0.317 e. The molecule has 0 bridgehead atoms. The van der Waals surface area contributed by atoms with E-state index in [0.717, 1.165) is 31.2 Å². The van der Waals surface area contributed by atoms with Crippen molar-refractivity contribution in [3.63, 3.8) is 0 Å². The topological polar surface area (TPSA) is 69.7 Å². The number of halogens is 1. The molecule has 8 heteroatoms. The molecule has 2 aromatic rings. The van der Waals surface area contributed by atoms with E-state index in [0.29, 0.717) is 30.0 Å². The molecule has 2 amide bonds. The van der Waals surface area contributed by atoms with Crippen LogP contribution in [0.1, 0.15) is 43.2 Å². The number of urea groups is 1. The van der Waals surface area contributed by atoms with E-state index in [-0.39, 0.29) is 24.4 Å². The summed E-state index contributed by atoms with van der Waals surface area (Å²) in [4.78, 5) is 15.0. The van der Waals surface area contributed by atoms with Crippen LogP contribution in [-0.4, -0.2) is 42.8 Å². The lowest BCUT2D eigenvalue weighted by molar-refractivity contribution is 0.176. The fourth-order valence-electron chi connectivity index (χ4n) is 5.28. The number of benzene rings is 2. The predicted molar refractivity (Wildman–Crippen MR) is 114 cm³/mol. The minimum Gasteiger partial charge on any atom is -0.335 e. The van der Waals surface area contributed by atoms with Crippen LogP contribution in [0.25, 0.3) is 0 Å². The van der Waals surface area contributed by atoms with E-state index in [1.807, 2.05) is 12.1 Å². The van der Waals surface area contributed by atoms with Gasteiger partial charge in [0.1, 0.15) is 5.82 Å². The first kappa shape index (κ1) is 20.5. The van der Waals surface area contributed by atoms with Crippen LogP contribution >= 0.6 is 0 Å². The lowest BCUT2D eigenvalue weighted by Gasteiger charge is -2.34. The Balaban J connectivity index is 1.48. The second-order valence-corrected chi connectivity index (χ2v) is 10.6. The van der Waals surface area contributed by atoms with Gasteiger partial charge < -0.3 is 10.2 Å². The van der Waals surface area contributed by atoms with E-state index in [2.05, 4.69) is 5.32 Å². The molecule has 1 saturated carbocycles. The Bertz CT molecular complexity index is 1100. The van der Waals surface area contributed by atoms with Crippen LogP contribution in [-0.2, 0) is 22.1 Å². The van der Waals surface area contributed by atoms with Gasteiger partial charge in [-0.1, -0.05) is 43.2 Å². The minimum atomic E-state index is -3.74. The first-order valence-corrected chi connectivity index (χ1v) is 12.3. The number of amides is 2. The molecule has 6 nitrogen and oxygen atoms in total.